The van der Waals surface area contributed by atoms with Crippen molar-refractivity contribution in [1.82, 2.24) is 5.06 Å². The van der Waals surface area contributed by atoms with Crippen LogP contribution in [0.4, 0.5) is 0 Å². The first-order chi connectivity index (χ1) is 6.40. The first kappa shape index (κ1) is 11.4. The van der Waals surface area contributed by atoms with Gasteiger partial charge in [0.1, 0.15) is 6.04 Å². The molecule has 0 aromatic heterocycles. The quantitative estimate of drug-likeness (QED) is 0.551. The third-order valence-electron chi connectivity index (χ3n) is 1.87. The fraction of sp³-hybridized carbons (Fsp3) is 0.889. The first-order valence-electron chi connectivity index (χ1n) is 4.75. The van der Waals surface area contributed by atoms with Crippen molar-refractivity contribution in [2.75, 3.05) is 6.54 Å². The number of hydroxylamine groups is 2. The summed E-state index contributed by atoms with van der Waals surface area (Å²) in [6, 6.07) is -0.572. The molecule has 0 spiro atoms. The van der Waals surface area contributed by atoms with Crippen LogP contribution >= 0.6 is 0 Å². The molecule has 0 aliphatic carbocycles. The van der Waals surface area contributed by atoms with Crippen LogP contribution in [0.25, 0.3) is 0 Å². The zero-order chi connectivity index (χ0) is 10.8. The maximum atomic E-state index is 10.8. The predicted octanol–water partition coefficient (Wildman–Crippen LogP) is 1.20. The largest absolute Gasteiger partial charge is 0.480 e. The normalized spacial score (nSPS) is 24.1. The molecule has 1 heterocycles. The standard InChI is InChI=1S/C9H17NO4/c1-9(2,3)13-14-10-6-4-5-7(10)8(11)12/h7H,4-6H2,1-3H3,(H,11,12)/t7-/m0/s1. The van der Waals surface area contributed by atoms with Gasteiger partial charge in [-0.25, -0.2) is 4.89 Å². The molecule has 0 aromatic carbocycles. The lowest BCUT2D eigenvalue weighted by Gasteiger charge is -2.24. The maximum Gasteiger partial charge on any atom is 0.323 e. The van der Waals surface area contributed by atoms with Crippen molar-refractivity contribution < 1.29 is 19.8 Å². The van der Waals surface area contributed by atoms with Gasteiger partial charge in [-0.1, -0.05) is 0 Å². The maximum absolute atomic E-state index is 10.8. The lowest BCUT2D eigenvalue weighted by atomic mass is 10.2. The van der Waals surface area contributed by atoms with Crippen molar-refractivity contribution in [3.05, 3.63) is 0 Å². The molecule has 0 aromatic rings. The molecule has 5 nitrogen and oxygen atoms in total. The molecule has 1 N–H and O–H groups in total. The minimum Gasteiger partial charge on any atom is -0.480 e. The Bertz CT molecular complexity index is 211. The van der Waals surface area contributed by atoms with E-state index in [9.17, 15) is 4.79 Å². The van der Waals surface area contributed by atoms with Crippen LogP contribution in [0.1, 0.15) is 33.6 Å². The Morgan fingerprint density at radius 2 is 2.14 bits per heavy atom. The van der Waals surface area contributed by atoms with Gasteiger partial charge in [-0.2, -0.15) is 0 Å². The Balaban J connectivity index is 2.40. The topological polar surface area (TPSA) is 59.0 Å². The van der Waals surface area contributed by atoms with E-state index in [-0.39, 0.29) is 0 Å². The van der Waals surface area contributed by atoms with Crippen molar-refractivity contribution in [2.24, 2.45) is 0 Å². The fourth-order valence-corrected chi connectivity index (χ4v) is 1.24. The number of nitrogens with zero attached hydrogens (tertiary/aromatic N) is 1. The van der Waals surface area contributed by atoms with Gasteiger partial charge < -0.3 is 5.11 Å². The van der Waals surface area contributed by atoms with Crippen molar-refractivity contribution in [1.29, 1.82) is 0 Å². The van der Waals surface area contributed by atoms with Crippen molar-refractivity contribution in [3.63, 3.8) is 0 Å². The third-order valence-corrected chi connectivity index (χ3v) is 1.87. The van der Waals surface area contributed by atoms with E-state index in [1.165, 1.54) is 5.06 Å². The minimum atomic E-state index is -0.861. The Morgan fingerprint density at radius 3 is 2.64 bits per heavy atom. The number of carbonyl (C=O) groups is 1. The van der Waals surface area contributed by atoms with E-state index < -0.39 is 17.6 Å². The summed E-state index contributed by atoms with van der Waals surface area (Å²) in [6.07, 6.45) is 1.44. The van der Waals surface area contributed by atoms with Gasteiger partial charge in [0.15, 0.2) is 0 Å². The zero-order valence-corrected chi connectivity index (χ0v) is 8.82. The van der Waals surface area contributed by atoms with Crippen LogP contribution in [0.15, 0.2) is 0 Å². The molecule has 0 amide bonds. The summed E-state index contributed by atoms with van der Waals surface area (Å²) in [6.45, 7) is 6.14. The Morgan fingerprint density at radius 1 is 1.50 bits per heavy atom. The second-order valence-electron chi connectivity index (χ2n) is 4.41. The van der Waals surface area contributed by atoms with Crippen LogP contribution < -0.4 is 0 Å². The summed E-state index contributed by atoms with van der Waals surface area (Å²) in [5.41, 5.74) is -0.425. The fourth-order valence-electron chi connectivity index (χ4n) is 1.24. The molecule has 5 heteroatoms. The minimum absolute atomic E-state index is 0.425. The lowest BCUT2D eigenvalue weighted by Crippen LogP contribution is -2.38. The summed E-state index contributed by atoms with van der Waals surface area (Å²) in [5.74, 6) is -0.861. The Hall–Kier alpha value is -0.650. The average molecular weight is 203 g/mol. The lowest BCUT2D eigenvalue weighted by molar-refractivity contribution is -0.462. The molecule has 0 unspecified atom stereocenters. The molecule has 82 valence electrons. The SMILES string of the molecule is CC(C)(C)OON1CCC[C@H]1C(=O)O. The van der Waals surface area contributed by atoms with Gasteiger partial charge in [0, 0.05) is 6.54 Å². The summed E-state index contributed by atoms with van der Waals surface area (Å²) in [5, 5.41) is 10.2. The van der Waals surface area contributed by atoms with E-state index in [0.717, 1.165) is 6.42 Å². The van der Waals surface area contributed by atoms with Gasteiger partial charge in [0.05, 0.1) is 5.60 Å². The van der Waals surface area contributed by atoms with E-state index in [1.807, 2.05) is 20.8 Å². The number of aliphatic carboxylic acids is 1. The molecule has 1 aliphatic rings. The molecular weight excluding hydrogens is 186 g/mol. The van der Waals surface area contributed by atoms with E-state index in [2.05, 4.69) is 0 Å². The van der Waals surface area contributed by atoms with E-state index in [0.29, 0.717) is 13.0 Å². The van der Waals surface area contributed by atoms with Crippen LogP contribution in [0.5, 0.6) is 0 Å². The molecule has 0 saturated carbocycles. The van der Waals surface area contributed by atoms with Crippen LogP contribution in [-0.2, 0) is 14.7 Å². The van der Waals surface area contributed by atoms with E-state index >= 15 is 0 Å². The van der Waals surface area contributed by atoms with Crippen molar-refractivity contribution >= 4 is 5.97 Å². The number of rotatable bonds is 3. The predicted molar refractivity (Wildman–Crippen MR) is 49.3 cm³/mol. The molecule has 0 bridgehead atoms. The Labute approximate surface area is 83.5 Å². The summed E-state index contributed by atoms with van der Waals surface area (Å²) in [4.78, 5) is 20.8. The number of hydrogen-bond donors (Lipinski definition) is 1. The van der Waals surface area contributed by atoms with E-state index in [4.69, 9.17) is 15.0 Å². The highest BCUT2D eigenvalue weighted by Crippen LogP contribution is 2.19. The van der Waals surface area contributed by atoms with Gasteiger partial charge in [-0.3, -0.25) is 4.79 Å². The van der Waals surface area contributed by atoms with Crippen LogP contribution in [0, 0.1) is 0 Å². The highest BCUT2D eigenvalue weighted by molar-refractivity contribution is 5.73. The van der Waals surface area contributed by atoms with E-state index in [1.54, 1.807) is 0 Å². The molecule has 1 rings (SSSR count). The average Bonchev–Trinajstić information content (AvgIpc) is 2.46. The van der Waals surface area contributed by atoms with Gasteiger partial charge in [-0.15, -0.1) is 10.1 Å². The molecule has 14 heavy (non-hydrogen) atoms. The monoisotopic (exact) mass is 203 g/mol. The zero-order valence-electron chi connectivity index (χ0n) is 8.82. The molecule has 1 atom stereocenters. The first-order valence-corrected chi connectivity index (χ1v) is 4.75. The smallest absolute Gasteiger partial charge is 0.323 e. The van der Waals surface area contributed by atoms with Gasteiger partial charge in [0.25, 0.3) is 0 Å². The second kappa shape index (κ2) is 4.25. The molecule has 1 fully saturated rings. The highest BCUT2D eigenvalue weighted by atomic mass is 17.3. The summed E-state index contributed by atoms with van der Waals surface area (Å²) < 4.78 is 0. The molecule has 1 aliphatic heterocycles. The third kappa shape index (κ3) is 3.25. The van der Waals surface area contributed by atoms with Crippen molar-refractivity contribution in [2.45, 2.75) is 45.3 Å². The van der Waals surface area contributed by atoms with Crippen LogP contribution in [0.3, 0.4) is 0 Å². The van der Waals surface area contributed by atoms with Gasteiger partial charge in [-0.05, 0) is 33.6 Å². The summed E-state index contributed by atoms with van der Waals surface area (Å²) >= 11 is 0. The molecule has 1 saturated heterocycles. The molecular formula is C9H17NO4. The van der Waals surface area contributed by atoms with Gasteiger partial charge >= 0.3 is 5.97 Å². The van der Waals surface area contributed by atoms with Crippen LogP contribution in [0.2, 0.25) is 0 Å². The highest BCUT2D eigenvalue weighted by Gasteiger charge is 2.33. The number of carboxylic acids is 1. The van der Waals surface area contributed by atoms with Gasteiger partial charge in [0.2, 0.25) is 0 Å². The van der Waals surface area contributed by atoms with Crippen molar-refractivity contribution in [3.8, 4) is 0 Å². The number of hydrogen-bond acceptors (Lipinski definition) is 4. The molecule has 0 radical (unpaired) electrons. The second-order valence-corrected chi connectivity index (χ2v) is 4.41. The Kier molecular flexibility index (Phi) is 3.47. The number of carboxylic acid groups (broad SMARTS) is 1. The summed E-state index contributed by atoms with van der Waals surface area (Å²) in [7, 11) is 0. The van der Waals surface area contributed by atoms with Crippen LogP contribution in [-0.4, -0.2) is 34.3 Å².